The molecule has 0 aromatic carbocycles. The van der Waals surface area contributed by atoms with Crippen LogP contribution >= 0.6 is 0 Å². The Morgan fingerprint density at radius 2 is 1.08 bits per heavy atom. The minimum absolute atomic E-state index is 0. The van der Waals surface area contributed by atoms with E-state index in [2.05, 4.69) is 21.1 Å². The number of quaternary nitrogens is 1. The van der Waals surface area contributed by atoms with Crippen LogP contribution in [0.3, 0.4) is 0 Å². The zero-order valence-corrected chi connectivity index (χ0v) is 10.1. The summed E-state index contributed by atoms with van der Waals surface area (Å²) in [5, 5.41) is 24.6. The van der Waals surface area contributed by atoms with Gasteiger partial charge in [0.15, 0.2) is 0 Å². The number of aliphatic hydroxyl groups excluding tert-OH is 3. The molecule has 0 saturated heterocycles. The Hall–Kier alpha value is 0.570. The minimum Gasteiger partial charge on any atom is -1.00 e. The van der Waals surface area contributed by atoms with Crippen LogP contribution in [0, 0.1) is 5.92 Å². The predicted octanol–water partition coefficient (Wildman–Crippen LogP) is -5.66. The highest BCUT2D eigenvalue weighted by Crippen LogP contribution is 1.87. The fourth-order valence-corrected chi connectivity index (χ4v) is 0.173. The number of hydrogen-bond acceptors (Lipinski definition) is 3. The van der Waals surface area contributed by atoms with Gasteiger partial charge in [0.25, 0.3) is 0 Å². The largest absolute Gasteiger partial charge is 1.00 e. The average molecular weight is 293 g/mol. The molecule has 0 aliphatic carbocycles. The molecule has 12 heavy (non-hydrogen) atoms. The van der Waals surface area contributed by atoms with Gasteiger partial charge in [-0.25, -0.2) is 0 Å². The van der Waals surface area contributed by atoms with E-state index in [9.17, 15) is 0 Å². The van der Waals surface area contributed by atoms with Crippen molar-refractivity contribution in [2.75, 3.05) is 41.0 Å². The van der Waals surface area contributed by atoms with E-state index >= 15 is 0 Å². The van der Waals surface area contributed by atoms with Crippen LogP contribution in [0.2, 0.25) is 0 Å². The summed E-state index contributed by atoms with van der Waals surface area (Å²) in [5.74, 6) is -0.347. The maximum atomic E-state index is 8.21. The molecule has 78 valence electrons. The third-order valence-electron chi connectivity index (χ3n) is 0.775. The smallest absolute Gasteiger partial charge is 0.0661 e. The average Bonchev–Trinajstić information content (AvgIpc) is 1.90. The van der Waals surface area contributed by atoms with E-state index in [1.54, 1.807) is 0 Å². The van der Waals surface area contributed by atoms with Crippen LogP contribution in [-0.4, -0.2) is 56.3 Å². The first-order chi connectivity index (χ1) is 5.08. The Balaban J connectivity index is -0.000000142. The van der Waals surface area contributed by atoms with E-state index in [1.165, 1.54) is 4.90 Å². The highest BCUT2D eigenvalue weighted by Gasteiger charge is 2.00. The van der Waals surface area contributed by atoms with Crippen molar-refractivity contribution < 1.29 is 44.2 Å². The van der Waals surface area contributed by atoms with Crippen molar-refractivity contribution in [2.24, 2.45) is 5.92 Å². The molecule has 0 aliphatic heterocycles. The standard InChI is InChI=1S/C4H10O3.C3H9N.HI/c5-1-4(2-6)3-7;1-4(2)3;/h4-7H,1-3H2;1-3H3;1H. The molecule has 0 unspecified atom stereocenters. The first-order valence-corrected chi connectivity index (χ1v) is 3.67. The van der Waals surface area contributed by atoms with E-state index in [4.69, 9.17) is 15.3 Å². The Morgan fingerprint density at radius 3 is 1.08 bits per heavy atom. The SMILES string of the molecule is C[NH+](C)C.OCC(CO)CO.[I-]. The van der Waals surface area contributed by atoms with Gasteiger partial charge >= 0.3 is 0 Å². The molecule has 4 nitrogen and oxygen atoms in total. The normalized spacial score (nSPS) is 9.00. The van der Waals surface area contributed by atoms with Gasteiger partial charge in [0.1, 0.15) is 0 Å². The fraction of sp³-hybridized carbons (Fsp3) is 1.00. The molecule has 4 N–H and O–H groups in total. The van der Waals surface area contributed by atoms with Crippen LogP contribution in [0.5, 0.6) is 0 Å². The van der Waals surface area contributed by atoms with E-state index in [0.717, 1.165) is 0 Å². The van der Waals surface area contributed by atoms with Crippen LogP contribution < -0.4 is 28.9 Å². The number of nitrogens with one attached hydrogen (secondary N) is 1. The highest BCUT2D eigenvalue weighted by molar-refractivity contribution is 4.49. The van der Waals surface area contributed by atoms with Gasteiger partial charge in [0.2, 0.25) is 0 Å². The first kappa shape index (κ1) is 18.4. The van der Waals surface area contributed by atoms with Gasteiger partial charge in [-0.1, -0.05) is 0 Å². The molecular weight excluding hydrogens is 273 g/mol. The number of rotatable bonds is 3. The summed E-state index contributed by atoms with van der Waals surface area (Å²) in [7, 11) is 6.25. The molecule has 0 aliphatic rings. The summed E-state index contributed by atoms with van der Waals surface area (Å²) in [4.78, 5) is 1.42. The van der Waals surface area contributed by atoms with Crippen LogP contribution in [0.4, 0.5) is 0 Å². The van der Waals surface area contributed by atoms with E-state index in [0.29, 0.717) is 0 Å². The lowest BCUT2D eigenvalue weighted by atomic mass is 10.2. The minimum atomic E-state index is -0.347. The first-order valence-electron chi connectivity index (χ1n) is 3.67. The molecule has 0 fully saturated rings. The number of hydrogen-bond donors (Lipinski definition) is 4. The van der Waals surface area contributed by atoms with Crippen molar-refractivity contribution in [2.45, 2.75) is 0 Å². The molecular formula is C7H20INO3. The molecule has 0 atom stereocenters. The second kappa shape index (κ2) is 14.1. The summed E-state index contributed by atoms with van der Waals surface area (Å²) in [5.41, 5.74) is 0. The summed E-state index contributed by atoms with van der Waals surface area (Å²) >= 11 is 0. The molecule has 0 heterocycles. The van der Waals surface area contributed by atoms with Crippen LogP contribution in [0.1, 0.15) is 0 Å². The Bertz CT molecular complexity index is 61.4. The number of halogens is 1. The van der Waals surface area contributed by atoms with Gasteiger partial charge in [0.05, 0.1) is 41.0 Å². The van der Waals surface area contributed by atoms with Gasteiger partial charge in [0, 0.05) is 5.92 Å². The van der Waals surface area contributed by atoms with Crippen LogP contribution in [0.15, 0.2) is 0 Å². The molecule has 0 bridgehead atoms. The third-order valence-corrected chi connectivity index (χ3v) is 0.775. The summed E-state index contributed by atoms with van der Waals surface area (Å²) in [6.07, 6.45) is 0. The summed E-state index contributed by atoms with van der Waals surface area (Å²) in [6, 6.07) is 0. The lowest BCUT2D eigenvalue weighted by Gasteiger charge is -2.02. The lowest BCUT2D eigenvalue weighted by Crippen LogP contribution is -3.02. The Labute approximate surface area is 91.2 Å². The maximum Gasteiger partial charge on any atom is 0.0661 e. The van der Waals surface area contributed by atoms with Crippen molar-refractivity contribution in [1.29, 1.82) is 0 Å². The molecule has 0 amide bonds. The Morgan fingerprint density at radius 1 is 0.917 bits per heavy atom. The monoisotopic (exact) mass is 293 g/mol. The fourth-order valence-electron chi connectivity index (χ4n) is 0.173. The van der Waals surface area contributed by atoms with Crippen LogP contribution in [-0.2, 0) is 0 Å². The third kappa shape index (κ3) is 22.4. The summed E-state index contributed by atoms with van der Waals surface area (Å²) < 4.78 is 0. The van der Waals surface area contributed by atoms with Gasteiger partial charge in [-0.15, -0.1) is 0 Å². The molecule has 0 aromatic rings. The molecule has 0 aromatic heterocycles. The number of aliphatic hydroxyl groups is 3. The van der Waals surface area contributed by atoms with Gasteiger partial charge in [-0.05, 0) is 0 Å². The van der Waals surface area contributed by atoms with Crippen molar-refractivity contribution in [3.8, 4) is 0 Å². The predicted molar refractivity (Wildman–Crippen MR) is 43.5 cm³/mol. The Kier molecular flexibility index (Phi) is 21.6. The maximum absolute atomic E-state index is 8.21. The molecule has 0 saturated carbocycles. The van der Waals surface area contributed by atoms with Crippen molar-refractivity contribution >= 4 is 0 Å². The quantitative estimate of drug-likeness (QED) is 0.392. The van der Waals surface area contributed by atoms with Gasteiger partial charge < -0.3 is 44.2 Å². The molecule has 0 rings (SSSR count). The van der Waals surface area contributed by atoms with E-state index < -0.39 is 0 Å². The van der Waals surface area contributed by atoms with Crippen molar-refractivity contribution in [3.63, 3.8) is 0 Å². The highest BCUT2D eigenvalue weighted by atomic mass is 127. The zero-order chi connectivity index (χ0) is 9.28. The van der Waals surface area contributed by atoms with Gasteiger partial charge in [-0.2, -0.15) is 0 Å². The van der Waals surface area contributed by atoms with Crippen molar-refractivity contribution in [1.82, 2.24) is 0 Å². The summed E-state index contributed by atoms with van der Waals surface area (Å²) in [6.45, 7) is -0.437. The second-order valence-electron chi connectivity index (χ2n) is 2.91. The molecule has 0 spiro atoms. The second-order valence-corrected chi connectivity index (χ2v) is 2.91. The van der Waals surface area contributed by atoms with E-state index in [-0.39, 0.29) is 49.7 Å². The van der Waals surface area contributed by atoms with E-state index in [1.807, 2.05) is 0 Å². The van der Waals surface area contributed by atoms with Gasteiger partial charge in [-0.3, -0.25) is 0 Å². The lowest BCUT2D eigenvalue weighted by molar-refractivity contribution is -0.836. The molecule has 5 heteroatoms. The van der Waals surface area contributed by atoms with Crippen LogP contribution in [0.25, 0.3) is 0 Å². The topological polar surface area (TPSA) is 65.1 Å². The van der Waals surface area contributed by atoms with Crippen molar-refractivity contribution in [3.05, 3.63) is 0 Å². The molecule has 0 radical (unpaired) electrons. The zero-order valence-electron chi connectivity index (χ0n) is 7.92.